The number of carbonyl (C=O) groups is 3. The summed E-state index contributed by atoms with van der Waals surface area (Å²) in [5, 5.41) is 5.21. The van der Waals surface area contributed by atoms with Gasteiger partial charge in [-0.2, -0.15) is 0 Å². The second-order valence-corrected chi connectivity index (χ2v) is 8.21. The number of quaternary nitrogens is 1. The standard InChI is InChI=1S/C19H22ClN3O4/c1-9(2)14-12-13(17(25)23(16(12)24)7-8-27-3)19(22-14)10-5-4-6-11(20)15(10)21-18(19)26/h4-6,9,12-14,22H,7-8H2,1-3H3,(H,21,26)/p+1/t12-,13-,14+,19+/m0/s1. The number of nitrogens with one attached hydrogen (secondary N) is 1. The molecule has 0 bridgehead atoms. The highest BCUT2D eigenvalue weighted by Crippen LogP contribution is 2.51. The summed E-state index contributed by atoms with van der Waals surface area (Å²) in [6.07, 6.45) is 0. The summed E-state index contributed by atoms with van der Waals surface area (Å²) in [5.41, 5.74) is 0.0704. The minimum Gasteiger partial charge on any atom is -0.383 e. The fourth-order valence-corrected chi connectivity index (χ4v) is 5.17. The molecule has 0 unspecified atom stereocenters. The maximum atomic E-state index is 13.3. The fourth-order valence-electron chi connectivity index (χ4n) is 4.95. The maximum Gasteiger partial charge on any atom is 0.291 e. The Labute approximate surface area is 162 Å². The number of fused-ring (bicyclic) bond motifs is 4. The Balaban J connectivity index is 1.87. The molecule has 4 atom stereocenters. The summed E-state index contributed by atoms with van der Waals surface area (Å²) in [5.74, 6) is -1.95. The molecular weight excluding hydrogens is 370 g/mol. The van der Waals surface area contributed by atoms with Gasteiger partial charge in [-0.1, -0.05) is 31.5 Å². The second kappa shape index (κ2) is 6.29. The van der Waals surface area contributed by atoms with Gasteiger partial charge in [0.25, 0.3) is 5.91 Å². The third-order valence-electron chi connectivity index (χ3n) is 6.17. The molecule has 3 aliphatic rings. The molecular formula is C19H23ClN3O4+. The van der Waals surface area contributed by atoms with Crippen LogP contribution < -0.4 is 10.6 Å². The van der Waals surface area contributed by atoms with E-state index in [9.17, 15) is 14.4 Å². The molecule has 1 aromatic carbocycles. The molecule has 3 aliphatic heterocycles. The Bertz CT molecular complexity index is 842. The largest absolute Gasteiger partial charge is 0.383 e. The van der Waals surface area contributed by atoms with Crippen molar-refractivity contribution >= 4 is 35.0 Å². The molecule has 0 aliphatic carbocycles. The van der Waals surface area contributed by atoms with Crippen molar-refractivity contribution in [2.45, 2.75) is 25.4 Å². The quantitative estimate of drug-likeness (QED) is 0.722. The van der Waals surface area contributed by atoms with Gasteiger partial charge < -0.3 is 15.4 Å². The molecule has 3 heterocycles. The summed E-state index contributed by atoms with van der Waals surface area (Å²) >= 11 is 6.29. The summed E-state index contributed by atoms with van der Waals surface area (Å²) in [6, 6.07) is 5.14. The van der Waals surface area contributed by atoms with E-state index in [0.29, 0.717) is 16.3 Å². The highest BCUT2D eigenvalue weighted by molar-refractivity contribution is 6.35. The number of carbonyl (C=O) groups excluding carboxylic acids is 3. The molecule has 4 rings (SSSR count). The van der Waals surface area contributed by atoms with Gasteiger partial charge in [-0.05, 0) is 12.1 Å². The predicted molar refractivity (Wildman–Crippen MR) is 97.9 cm³/mol. The zero-order valence-electron chi connectivity index (χ0n) is 15.5. The number of anilines is 1. The van der Waals surface area contributed by atoms with Crippen LogP contribution in [0.5, 0.6) is 0 Å². The first kappa shape index (κ1) is 18.4. The molecule has 144 valence electrons. The Morgan fingerprint density at radius 2 is 2.04 bits per heavy atom. The number of hydrogen-bond donors (Lipinski definition) is 2. The Hall–Kier alpha value is -1.96. The van der Waals surface area contributed by atoms with Crippen LogP contribution in [-0.2, 0) is 24.7 Å². The number of amides is 3. The minimum atomic E-state index is -1.16. The van der Waals surface area contributed by atoms with E-state index in [1.807, 2.05) is 25.2 Å². The van der Waals surface area contributed by atoms with Crippen molar-refractivity contribution in [1.29, 1.82) is 0 Å². The van der Waals surface area contributed by atoms with Gasteiger partial charge in [0.2, 0.25) is 17.4 Å². The van der Waals surface area contributed by atoms with Crippen molar-refractivity contribution < 1.29 is 24.4 Å². The van der Waals surface area contributed by atoms with E-state index in [4.69, 9.17) is 16.3 Å². The molecule has 0 saturated carbocycles. The van der Waals surface area contributed by atoms with E-state index in [2.05, 4.69) is 5.32 Å². The molecule has 1 aromatic rings. The number of nitrogens with zero attached hydrogens (tertiary/aromatic N) is 1. The monoisotopic (exact) mass is 392 g/mol. The normalized spacial score (nSPS) is 31.8. The summed E-state index contributed by atoms with van der Waals surface area (Å²) in [7, 11) is 1.53. The lowest BCUT2D eigenvalue weighted by atomic mass is 9.76. The van der Waals surface area contributed by atoms with Crippen LogP contribution in [0, 0.1) is 17.8 Å². The van der Waals surface area contributed by atoms with Gasteiger partial charge in [-0.3, -0.25) is 19.3 Å². The summed E-state index contributed by atoms with van der Waals surface area (Å²) in [4.78, 5) is 40.9. The lowest BCUT2D eigenvalue weighted by molar-refractivity contribution is -0.738. The van der Waals surface area contributed by atoms with Crippen molar-refractivity contribution in [3.63, 3.8) is 0 Å². The molecule has 2 saturated heterocycles. The van der Waals surface area contributed by atoms with Crippen LogP contribution in [0.25, 0.3) is 0 Å². The highest BCUT2D eigenvalue weighted by atomic mass is 35.5. The molecule has 7 nitrogen and oxygen atoms in total. The molecule has 3 amide bonds. The molecule has 1 spiro atoms. The highest BCUT2D eigenvalue weighted by Gasteiger charge is 2.74. The number of hydrogen-bond acceptors (Lipinski definition) is 4. The van der Waals surface area contributed by atoms with Crippen molar-refractivity contribution in [1.82, 2.24) is 4.90 Å². The lowest BCUT2D eigenvalue weighted by Gasteiger charge is -2.27. The zero-order valence-corrected chi connectivity index (χ0v) is 16.2. The molecule has 27 heavy (non-hydrogen) atoms. The number of benzene rings is 1. The molecule has 8 heteroatoms. The molecule has 0 aromatic heterocycles. The summed E-state index contributed by atoms with van der Waals surface area (Å²) < 4.78 is 5.06. The molecule has 2 fully saturated rings. The number of methoxy groups -OCH3 is 1. The van der Waals surface area contributed by atoms with Crippen LogP contribution in [0.4, 0.5) is 5.69 Å². The number of halogens is 1. The lowest BCUT2D eigenvalue weighted by Crippen LogP contribution is -2.99. The van der Waals surface area contributed by atoms with E-state index in [0.717, 1.165) is 0 Å². The number of ether oxygens (including phenoxy) is 1. The predicted octanol–water partition coefficient (Wildman–Crippen LogP) is 0.337. The number of para-hydroxylation sites is 1. The van der Waals surface area contributed by atoms with Crippen molar-refractivity contribution in [2.24, 2.45) is 17.8 Å². The topological polar surface area (TPSA) is 92.3 Å². The number of likely N-dealkylation sites (tertiary alicyclic amines) is 1. The van der Waals surface area contributed by atoms with Gasteiger partial charge in [0.15, 0.2) is 0 Å². The average molecular weight is 393 g/mol. The Morgan fingerprint density at radius 1 is 1.30 bits per heavy atom. The summed E-state index contributed by atoms with van der Waals surface area (Å²) in [6.45, 7) is 4.50. The Kier molecular flexibility index (Phi) is 4.29. The SMILES string of the molecule is COCCN1C(=O)[C@@H]2[C@@H](C(C)C)[NH2+][C@@]3(C(=O)Nc4c(Cl)cccc43)[C@@H]2C1=O. The number of rotatable bonds is 4. The van der Waals surface area contributed by atoms with Crippen molar-refractivity contribution in [3.05, 3.63) is 28.8 Å². The van der Waals surface area contributed by atoms with E-state index in [1.165, 1.54) is 12.0 Å². The van der Waals surface area contributed by atoms with Gasteiger partial charge in [0.05, 0.1) is 23.9 Å². The van der Waals surface area contributed by atoms with Gasteiger partial charge in [-0.15, -0.1) is 0 Å². The van der Waals surface area contributed by atoms with E-state index in [-0.39, 0.29) is 42.8 Å². The van der Waals surface area contributed by atoms with Crippen molar-refractivity contribution in [2.75, 3.05) is 25.6 Å². The van der Waals surface area contributed by atoms with Crippen LogP contribution in [0.3, 0.4) is 0 Å². The van der Waals surface area contributed by atoms with Crippen LogP contribution in [0.15, 0.2) is 18.2 Å². The van der Waals surface area contributed by atoms with E-state index >= 15 is 0 Å². The first-order valence-electron chi connectivity index (χ1n) is 9.15. The smallest absolute Gasteiger partial charge is 0.291 e. The van der Waals surface area contributed by atoms with Gasteiger partial charge in [-0.25, -0.2) is 0 Å². The fraction of sp³-hybridized carbons (Fsp3) is 0.526. The number of nitrogens with two attached hydrogens (primary N) is 1. The minimum absolute atomic E-state index is 0.118. The van der Waals surface area contributed by atoms with Crippen molar-refractivity contribution in [3.8, 4) is 0 Å². The molecule has 0 radical (unpaired) electrons. The maximum absolute atomic E-state index is 13.3. The first-order valence-corrected chi connectivity index (χ1v) is 9.53. The van der Waals surface area contributed by atoms with E-state index in [1.54, 1.807) is 12.1 Å². The Morgan fingerprint density at radius 3 is 2.70 bits per heavy atom. The average Bonchev–Trinajstić information content (AvgIpc) is 3.21. The van der Waals surface area contributed by atoms with Crippen LogP contribution in [0.2, 0.25) is 5.02 Å². The van der Waals surface area contributed by atoms with Crippen LogP contribution in [-0.4, -0.2) is 48.9 Å². The van der Waals surface area contributed by atoms with Gasteiger partial charge in [0.1, 0.15) is 17.9 Å². The van der Waals surface area contributed by atoms with Crippen LogP contribution in [0.1, 0.15) is 19.4 Å². The first-order chi connectivity index (χ1) is 12.8. The van der Waals surface area contributed by atoms with Gasteiger partial charge in [0, 0.05) is 18.6 Å². The van der Waals surface area contributed by atoms with Gasteiger partial charge >= 0.3 is 0 Å². The molecule has 3 N–H and O–H groups in total. The third kappa shape index (κ3) is 2.31. The van der Waals surface area contributed by atoms with Crippen LogP contribution >= 0.6 is 11.6 Å². The van der Waals surface area contributed by atoms with E-state index < -0.39 is 17.4 Å². The number of imide groups is 1. The third-order valence-corrected chi connectivity index (χ3v) is 6.48. The second-order valence-electron chi connectivity index (χ2n) is 7.80. The zero-order chi connectivity index (χ0) is 19.5.